The summed E-state index contributed by atoms with van der Waals surface area (Å²) in [6.07, 6.45) is 0.629. The van der Waals surface area contributed by atoms with Gasteiger partial charge in [-0.25, -0.2) is 8.78 Å². The highest BCUT2D eigenvalue weighted by molar-refractivity contribution is 4.95. The van der Waals surface area contributed by atoms with Gasteiger partial charge in [0.2, 0.25) is 5.92 Å². The Labute approximate surface area is 106 Å². The van der Waals surface area contributed by atoms with Crippen LogP contribution in [0.3, 0.4) is 0 Å². The van der Waals surface area contributed by atoms with Gasteiger partial charge in [-0.1, -0.05) is 27.7 Å². The highest BCUT2D eigenvalue weighted by atomic mass is 19.3. The lowest BCUT2D eigenvalue weighted by Crippen LogP contribution is -2.45. The van der Waals surface area contributed by atoms with Crippen LogP contribution in [0.5, 0.6) is 0 Å². The second-order valence-corrected chi connectivity index (χ2v) is 5.42. The monoisotopic (exact) mass is 249 g/mol. The predicted molar refractivity (Wildman–Crippen MR) is 70.5 cm³/mol. The van der Waals surface area contributed by atoms with Crippen molar-refractivity contribution in [2.24, 2.45) is 11.8 Å². The van der Waals surface area contributed by atoms with Crippen molar-refractivity contribution in [3.63, 3.8) is 0 Å². The molecule has 1 rings (SSSR count). The van der Waals surface area contributed by atoms with Crippen molar-refractivity contribution < 1.29 is 8.78 Å². The van der Waals surface area contributed by atoms with Gasteiger partial charge in [0.1, 0.15) is 0 Å². The second kappa shape index (κ2) is 6.67. The fourth-order valence-corrected chi connectivity index (χ4v) is 2.84. The fourth-order valence-electron chi connectivity index (χ4n) is 2.84. The van der Waals surface area contributed by atoms with E-state index in [1.807, 2.05) is 27.7 Å². The van der Waals surface area contributed by atoms with Gasteiger partial charge in [-0.3, -0.25) is 4.90 Å². The van der Waals surface area contributed by atoms with Crippen LogP contribution in [0.1, 0.15) is 54.9 Å². The molecule has 17 heavy (non-hydrogen) atoms. The van der Waals surface area contributed by atoms with Crippen LogP contribution >= 0.6 is 0 Å². The topological polar surface area (TPSA) is 3.24 Å². The molecule has 2 unspecified atom stereocenters. The lowest BCUT2D eigenvalue weighted by molar-refractivity contribution is -0.0616. The molecule has 0 aromatic heterocycles. The molecule has 1 fully saturated rings. The normalized spacial score (nSPS) is 26.3. The van der Waals surface area contributed by atoms with Crippen molar-refractivity contribution in [3.05, 3.63) is 0 Å². The predicted octanol–water partition coefficient (Wildman–Crippen LogP) is 4.42. The van der Waals surface area contributed by atoms with Gasteiger partial charge in [0, 0.05) is 18.0 Å². The molecule has 1 saturated heterocycles. The minimum absolute atomic E-state index is 0.0324. The maximum Gasteiger partial charge on any atom is 0.249 e. The standard InChI is InChI=1S/C12H23F2N.C2H6/c1-8(2)11-10(12(5,13)14)6-7-15(11)9(3)4;1-2/h8-11H,6-7H2,1-5H3;1-2H3. The van der Waals surface area contributed by atoms with Crippen molar-refractivity contribution in [1.82, 2.24) is 4.90 Å². The average molecular weight is 249 g/mol. The van der Waals surface area contributed by atoms with Gasteiger partial charge in [0.15, 0.2) is 0 Å². The minimum atomic E-state index is -2.54. The first-order valence-corrected chi connectivity index (χ1v) is 6.88. The van der Waals surface area contributed by atoms with E-state index in [4.69, 9.17) is 0 Å². The summed E-state index contributed by atoms with van der Waals surface area (Å²) >= 11 is 0. The van der Waals surface area contributed by atoms with E-state index < -0.39 is 11.8 Å². The van der Waals surface area contributed by atoms with Crippen LogP contribution in [0.4, 0.5) is 8.78 Å². The number of nitrogens with zero attached hydrogens (tertiary/aromatic N) is 1. The number of likely N-dealkylation sites (tertiary alicyclic amines) is 1. The van der Waals surface area contributed by atoms with Gasteiger partial charge in [-0.2, -0.15) is 0 Å². The summed E-state index contributed by atoms with van der Waals surface area (Å²) in [5, 5.41) is 0. The Hall–Kier alpha value is -0.180. The Bertz CT molecular complexity index is 209. The van der Waals surface area contributed by atoms with E-state index in [1.165, 1.54) is 0 Å². The number of hydrogen-bond acceptors (Lipinski definition) is 1. The van der Waals surface area contributed by atoms with Crippen molar-refractivity contribution in [2.75, 3.05) is 6.54 Å². The molecule has 2 atom stereocenters. The van der Waals surface area contributed by atoms with E-state index in [2.05, 4.69) is 18.7 Å². The molecule has 1 aliphatic rings. The first kappa shape index (κ1) is 16.8. The first-order chi connectivity index (χ1) is 7.75. The highest BCUT2D eigenvalue weighted by Crippen LogP contribution is 2.40. The van der Waals surface area contributed by atoms with Gasteiger partial charge in [-0.15, -0.1) is 0 Å². The third kappa shape index (κ3) is 4.20. The summed E-state index contributed by atoms with van der Waals surface area (Å²) in [4.78, 5) is 2.23. The third-order valence-electron chi connectivity index (χ3n) is 3.49. The van der Waals surface area contributed by atoms with E-state index in [0.717, 1.165) is 13.5 Å². The summed E-state index contributed by atoms with van der Waals surface area (Å²) in [6.45, 7) is 14.1. The highest BCUT2D eigenvalue weighted by Gasteiger charge is 2.47. The number of alkyl halides is 2. The molecule has 0 radical (unpaired) electrons. The molecule has 1 nitrogen and oxygen atoms in total. The quantitative estimate of drug-likeness (QED) is 0.715. The molecule has 104 valence electrons. The van der Waals surface area contributed by atoms with Crippen molar-refractivity contribution in [2.45, 2.75) is 72.9 Å². The van der Waals surface area contributed by atoms with Gasteiger partial charge in [-0.05, 0) is 39.7 Å². The summed E-state index contributed by atoms with van der Waals surface area (Å²) < 4.78 is 26.9. The lowest BCUT2D eigenvalue weighted by atomic mass is 9.86. The van der Waals surface area contributed by atoms with Crippen LogP contribution in [0.25, 0.3) is 0 Å². The Balaban J connectivity index is 0.00000121. The molecule has 0 bridgehead atoms. The van der Waals surface area contributed by atoms with Crippen molar-refractivity contribution in [3.8, 4) is 0 Å². The van der Waals surface area contributed by atoms with Crippen LogP contribution in [0, 0.1) is 11.8 Å². The Morgan fingerprint density at radius 1 is 1.12 bits per heavy atom. The molecule has 0 N–H and O–H groups in total. The summed E-state index contributed by atoms with van der Waals surface area (Å²) in [5.41, 5.74) is 0. The van der Waals surface area contributed by atoms with Gasteiger partial charge >= 0.3 is 0 Å². The molecular formula is C14H29F2N. The van der Waals surface area contributed by atoms with E-state index in [1.54, 1.807) is 0 Å². The summed E-state index contributed by atoms with van der Waals surface area (Å²) in [7, 11) is 0. The SMILES string of the molecule is CC.CC(C)C1C(C(C)(F)F)CCN1C(C)C. The molecule has 1 heterocycles. The fraction of sp³-hybridized carbons (Fsp3) is 1.00. The van der Waals surface area contributed by atoms with Crippen LogP contribution < -0.4 is 0 Å². The van der Waals surface area contributed by atoms with Gasteiger partial charge < -0.3 is 0 Å². The third-order valence-corrected chi connectivity index (χ3v) is 3.49. The van der Waals surface area contributed by atoms with E-state index in [-0.39, 0.29) is 6.04 Å². The van der Waals surface area contributed by atoms with Crippen LogP contribution in [-0.4, -0.2) is 29.5 Å². The average Bonchev–Trinajstić information content (AvgIpc) is 2.64. The van der Waals surface area contributed by atoms with E-state index in [9.17, 15) is 8.78 Å². The molecule has 3 heteroatoms. The lowest BCUT2D eigenvalue weighted by Gasteiger charge is -2.36. The Morgan fingerprint density at radius 2 is 1.59 bits per heavy atom. The Morgan fingerprint density at radius 3 is 1.88 bits per heavy atom. The van der Waals surface area contributed by atoms with E-state index in [0.29, 0.717) is 18.4 Å². The van der Waals surface area contributed by atoms with E-state index >= 15 is 0 Å². The zero-order chi connectivity index (χ0) is 13.8. The van der Waals surface area contributed by atoms with Crippen molar-refractivity contribution in [1.29, 1.82) is 0 Å². The maximum absolute atomic E-state index is 13.4. The number of halogens is 2. The van der Waals surface area contributed by atoms with Crippen LogP contribution in [0.2, 0.25) is 0 Å². The molecule has 0 spiro atoms. The first-order valence-electron chi connectivity index (χ1n) is 6.88. The maximum atomic E-state index is 13.4. The van der Waals surface area contributed by atoms with Gasteiger partial charge in [0.25, 0.3) is 0 Å². The second-order valence-electron chi connectivity index (χ2n) is 5.42. The molecule has 0 amide bonds. The van der Waals surface area contributed by atoms with Crippen LogP contribution in [-0.2, 0) is 0 Å². The zero-order valence-electron chi connectivity index (χ0n) is 12.4. The largest absolute Gasteiger partial charge is 0.297 e. The molecular weight excluding hydrogens is 220 g/mol. The van der Waals surface area contributed by atoms with Gasteiger partial charge in [0.05, 0.1) is 0 Å². The Kier molecular flexibility index (Phi) is 6.60. The number of hydrogen-bond donors (Lipinski definition) is 0. The molecule has 1 aliphatic heterocycles. The minimum Gasteiger partial charge on any atom is -0.297 e. The zero-order valence-corrected chi connectivity index (χ0v) is 12.4. The summed E-state index contributed by atoms with van der Waals surface area (Å²) in [5.74, 6) is -2.72. The number of rotatable bonds is 3. The molecule has 0 saturated carbocycles. The van der Waals surface area contributed by atoms with Crippen molar-refractivity contribution >= 4 is 0 Å². The summed E-state index contributed by atoms with van der Waals surface area (Å²) in [6, 6.07) is 0.398. The smallest absolute Gasteiger partial charge is 0.249 e. The molecule has 0 aromatic rings. The molecule has 0 aromatic carbocycles. The molecule has 0 aliphatic carbocycles. The van der Waals surface area contributed by atoms with Crippen LogP contribution in [0.15, 0.2) is 0 Å².